The van der Waals surface area contributed by atoms with Crippen LogP contribution in [0.25, 0.3) is 0 Å². The normalized spacial score (nSPS) is 16.5. The molecular formula is C13H19NO. The topological polar surface area (TPSA) is 32.3 Å². The molecule has 0 aliphatic carbocycles. The molecular weight excluding hydrogens is 186 g/mol. The van der Waals surface area contributed by atoms with E-state index < -0.39 is 5.60 Å². The summed E-state index contributed by atoms with van der Waals surface area (Å²) in [6.45, 7) is 4.70. The second-order valence-electron chi connectivity index (χ2n) is 4.78. The first-order valence-electron chi connectivity index (χ1n) is 5.67. The monoisotopic (exact) mass is 205 g/mol. The summed E-state index contributed by atoms with van der Waals surface area (Å²) in [7, 11) is 0. The number of nitrogens with one attached hydrogen (secondary N) is 1. The first kappa shape index (κ1) is 10.5. The van der Waals surface area contributed by atoms with Crippen LogP contribution < -0.4 is 5.32 Å². The van der Waals surface area contributed by atoms with Crippen molar-refractivity contribution in [1.29, 1.82) is 0 Å². The molecule has 1 aliphatic heterocycles. The maximum atomic E-state index is 10.1. The molecule has 1 aromatic carbocycles. The maximum absolute atomic E-state index is 10.1. The van der Waals surface area contributed by atoms with Crippen molar-refractivity contribution in [3.05, 3.63) is 29.3 Å². The molecule has 0 spiro atoms. The number of fused-ring (bicyclic) bond motifs is 1. The Balaban J connectivity index is 2.48. The Kier molecular flexibility index (Phi) is 2.70. The van der Waals surface area contributed by atoms with Gasteiger partial charge in [-0.1, -0.05) is 18.2 Å². The van der Waals surface area contributed by atoms with E-state index in [0.717, 1.165) is 24.2 Å². The van der Waals surface area contributed by atoms with Gasteiger partial charge in [0.15, 0.2) is 0 Å². The van der Waals surface area contributed by atoms with Crippen molar-refractivity contribution in [2.24, 2.45) is 0 Å². The van der Waals surface area contributed by atoms with Gasteiger partial charge < -0.3 is 10.4 Å². The van der Waals surface area contributed by atoms with Crippen LogP contribution in [0.2, 0.25) is 0 Å². The fourth-order valence-corrected chi connectivity index (χ4v) is 2.18. The van der Waals surface area contributed by atoms with Crippen LogP contribution in [-0.4, -0.2) is 11.7 Å². The average Bonchev–Trinajstić information content (AvgIpc) is 2.39. The molecule has 2 heteroatoms. The molecule has 0 bridgehead atoms. The quantitative estimate of drug-likeness (QED) is 0.738. The van der Waals surface area contributed by atoms with Crippen LogP contribution in [-0.2, 0) is 12.0 Å². The summed E-state index contributed by atoms with van der Waals surface area (Å²) in [4.78, 5) is 0. The summed E-state index contributed by atoms with van der Waals surface area (Å²) in [6, 6.07) is 6.21. The molecule has 82 valence electrons. The van der Waals surface area contributed by atoms with Gasteiger partial charge in [0.2, 0.25) is 0 Å². The summed E-state index contributed by atoms with van der Waals surface area (Å²) in [6.07, 6.45) is 3.56. The van der Waals surface area contributed by atoms with Gasteiger partial charge >= 0.3 is 0 Å². The molecule has 1 aliphatic rings. The number of rotatable bonds is 1. The van der Waals surface area contributed by atoms with E-state index in [2.05, 4.69) is 11.4 Å². The molecule has 2 rings (SSSR count). The predicted octanol–water partition coefficient (Wildman–Crippen LogP) is 2.66. The second-order valence-corrected chi connectivity index (χ2v) is 4.78. The largest absolute Gasteiger partial charge is 0.386 e. The highest BCUT2D eigenvalue weighted by atomic mass is 16.3. The van der Waals surface area contributed by atoms with Gasteiger partial charge in [-0.05, 0) is 38.7 Å². The number of para-hydroxylation sites is 1. The molecule has 0 fully saturated rings. The van der Waals surface area contributed by atoms with Gasteiger partial charge in [0, 0.05) is 17.8 Å². The summed E-state index contributed by atoms with van der Waals surface area (Å²) in [5.41, 5.74) is 2.75. The first-order valence-corrected chi connectivity index (χ1v) is 5.67. The van der Waals surface area contributed by atoms with E-state index in [1.54, 1.807) is 0 Å². The minimum absolute atomic E-state index is 0.761. The molecule has 1 heterocycles. The van der Waals surface area contributed by atoms with E-state index in [9.17, 15) is 5.11 Å². The standard InChI is InChI=1S/C13H19NO/c1-13(2,15)11-8-5-7-10-6-3-4-9-14-12(10)11/h5,7-8,14-15H,3-4,6,9H2,1-2H3. The van der Waals surface area contributed by atoms with E-state index >= 15 is 0 Å². The van der Waals surface area contributed by atoms with Crippen LogP contribution in [0.3, 0.4) is 0 Å². The van der Waals surface area contributed by atoms with Crippen molar-refractivity contribution in [2.45, 2.75) is 38.7 Å². The minimum Gasteiger partial charge on any atom is -0.386 e. The van der Waals surface area contributed by atoms with Crippen molar-refractivity contribution in [1.82, 2.24) is 0 Å². The van der Waals surface area contributed by atoms with Crippen molar-refractivity contribution < 1.29 is 5.11 Å². The van der Waals surface area contributed by atoms with Gasteiger partial charge in [0.05, 0.1) is 5.60 Å². The third kappa shape index (κ3) is 2.15. The fraction of sp³-hybridized carbons (Fsp3) is 0.538. The van der Waals surface area contributed by atoms with Crippen molar-refractivity contribution in [3.63, 3.8) is 0 Å². The second kappa shape index (κ2) is 3.86. The lowest BCUT2D eigenvalue weighted by Crippen LogP contribution is -2.19. The Morgan fingerprint density at radius 1 is 1.27 bits per heavy atom. The Hall–Kier alpha value is -1.02. The molecule has 0 saturated carbocycles. The molecule has 0 radical (unpaired) electrons. The molecule has 2 nitrogen and oxygen atoms in total. The number of hydrogen-bond acceptors (Lipinski definition) is 2. The zero-order valence-electron chi connectivity index (χ0n) is 9.51. The molecule has 1 aromatic rings. The van der Waals surface area contributed by atoms with Crippen LogP contribution in [0, 0.1) is 0 Å². The lowest BCUT2D eigenvalue weighted by molar-refractivity contribution is 0.0793. The molecule has 0 saturated heterocycles. The Labute approximate surface area is 91.3 Å². The van der Waals surface area contributed by atoms with Crippen LogP contribution in [0.5, 0.6) is 0 Å². The highest BCUT2D eigenvalue weighted by Crippen LogP contribution is 2.32. The van der Waals surface area contributed by atoms with Crippen molar-refractivity contribution >= 4 is 5.69 Å². The van der Waals surface area contributed by atoms with E-state index in [0.29, 0.717) is 0 Å². The number of aryl methyl sites for hydroxylation is 1. The SMILES string of the molecule is CC(C)(O)c1cccc2c1NCCCC2. The number of anilines is 1. The summed E-state index contributed by atoms with van der Waals surface area (Å²) in [5, 5.41) is 13.5. The lowest BCUT2D eigenvalue weighted by Gasteiger charge is -2.23. The van der Waals surface area contributed by atoms with Gasteiger partial charge in [-0.15, -0.1) is 0 Å². The van der Waals surface area contributed by atoms with Crippen LogP contribution in [0.4, 0.5) is 5.69 Å². The number of aliphatic hydroxyl groups is 1. The molecule has 0 aromatic heterocycles. The predicted molar refractivity (Wildman–Crippen MR) is 63.1 cm³/mol. The Bertz CT molecular complexity index is 352. The highest BCUT2D eigenvalue weighted by molar-refractivity contribution is 5.60. The van der Waals surface area contributed by atoms with Crippen LogP contribution in [0.1, 0.15) is 37.8 Å². The minimum atomic E-state index is -0.761. The van der Waals surface area contributed by atoms with Crippen LogP contribution >= 0.6 is 0 Å². The fourth-order valence-electron chi connectivity index (χ4n) is 2.18. The van der Waals surface area contributed by atoms with E-state index in [-0.39, 0.29) is 0 Å². The molecule has 0 unspecified atom stereocenters. The Morgan fingerprint density at radius 3 is 2.80 bits per heavy atom. The molecule has 0 amide bonds. The summed E-state index contributed by atoms with van der Waals surface area (Å²) >= 11 is 0. The molecule has 0 atom stereocenters. The van der Waals surface area contributed by atoms with Gasteiger partial charge in [-0.2, -0.15) is 0 Å². The zero-order chi connectivity index (χ0) is 10.9. The lowest BCUT2D eigenvalue weighted by atomic mass is 9.93. The summed E-state index contributed by atoms with van der Waals surface area (Å²) in [5.74, 6) is 0. The maximum Gasteiger partial charge on any atom is 0.0860 e. The number of benzene rings is 1. The molecule has 15 heavy (non-hydrogen) atoms. The van der Waals surface area contributed by atoms with Gasteiger partial charge in [-0.25, -0.2) is 0 Å². The van der Waals surface area contributed by atoms with Crippen molar-refractivity contribution in [2.75, 3.05) is 11.9 Å². The highest BCUT2D eigenvalue weighted by Gasteiger charge is 2.22. The van der Waals surface area contributed by atoms with Crippen LogP contribution in [0.15, 0.2) is 18.2 Å². The number of hydrogen-bond donors (Lipinski definition) is 2. The van der Waals surface area contributed by atoms with Gasteiger partial charge in [0.1, 0.15) is 0 Å². The zero-order valence-corrected chi connectivity index (χ0v) is 9.51. The third-order valence-corrected chi connectivity index (χ3v) is 2.98. The summed E-state index contributed by atoms with van der Waals surface area (Å²) < 4.78 is 0. The van der Waals surface area contributed by atoms with Gasteiger partial charge in [-0.3, -0.25) is 0 Å². The smallest absolute Gasteiger partial charge is 0.0860 e. The van der Waals surface area contributed by atoms with E-state index in [1.165, 1.54) is 18.4 Å². The van der Waals surface area contributed by atoms with Gasteiger partial charge in [0.25, 0.3) is 0 Å². The van der Waals surface area contributed by atoms with E-state index in [1.807, 2.05) is 26.0 Å². The van der Waals surface area contributed by atoms with Crippen molar-refractivity contribution in [3.8, 4) is 0 Å². The average molecular weight is 205 g/mol. The van der Waals surface area contributed by atoms with E-state index in [4.69, 9.17) is 0 Å². The first-order chi connectivity index (χ1) is 7.09. The Morgan fingerprint density at radius 2 is 2.07 bits per heavy atom. The third-order valence-electron chi connectivity index (χ3n) is 2.98. The molecule has 2 N–H and O–H groups in total.